The van der Waals surface area contributed by atoms with Crippen LogP contribution in [0.15, 0.2) is 48.5 Å². The average Bonchev–Trinajstić information content (AvgIpc) is 2.73. The lowest BCUT2D eigenvalue weighted by Gasteiger charge is -2.26. The molecule has 2 atom stereocenters. The SMILES string of the molecule is CC(C)(c1ccc(OCC(O)CO)cc1)c1ccc(OCC(CF)P=O)cc1. The average molecular weight is 408 g/mol. The zero-order chi connectivity index (χ0) is 20.6. The fourth-order valence-electron chi connectivity index (χ4n) is 2.64. The van der Waals surface area contributed by atoms with E-state index in [9.17, 15) is 14.1 Å². The molecule has 2 aromatic carbocycles. The van der Waals surface area contributed by atoms with Crippen LogP contribution in [0.25, 0.3) is 0 Å². The van der Waals surface area contributed by atoms with Crippen molar-refractivity contribution < 1.29 is 28.6 Å². The molecule has 0 radical (unpaired) electrons. The molecule has 0 spiro atoms. The first-order valence-corrected chi connectivity index (χ1v) is 9.93. The zero-order valence-corrected chi connectivity index (χ0v) is 16.9. The summed E-state index contributed by atoms with van der Waals surface area (Å²) in [6.07, 6.45) is -0.898. The minimum atomic E-state index is -0.898. The van der Waals surface area contributed by atoms with Crippen LogP contribution in [0.3, 0.4) is 0 Å². The standard InChI is InChI=1S/C21H26FO5P/c1-21(2,15-3-7-18(8-4-15)26-13-17(24)12-23)16-5-9-19(10-6-16)27-14-20(11-22)28-25/h3-10,17,20,23-24H,11-14H2,1-2H3. The van der Waals surface area contributed by atoms with Gasteiger partial charge in [0.2, 0.25) is 0 Å². The molecule has 2 unspecified atom stereocenters. The van der Waals surface area contributed by atoms with Gasteiger partial charge in [0.05, 0.1) is 6.61 Å². The van der Waals surface area contributed by atoms with Gasteiger partial charge in [-0.1, -0.05) is 38.1 Å². The summed E-state index contributed by atoms with van der Waals surface area (Å²) < 4.78 is 34.3. The second-order valence-electron chi connectivity index (χ2n) is 7.05. The highest BCUT2D eigenvalue weighted by Gasteiger charge is 2.23. The molecule has 0 fully saturated rings. The van der Waals surface area contributed by atoms with E-state index in [1.54, 1.807) is 0 Å². The van der Waals surface area contributed by atoms with E-state index >= 15 is 0 Å². The third kappa shape index (κ3) is 5.99. The van der Waals surface area contributed by atoms with Gasteiger partial charge in [-0.3, -0.25) is 4.57 Å². The summed E-state index contributed by atoms with van der Waals surface area (Å²) in [5.41, 5.74) is 1.25. The monoisotopic (exact) mass is 408 g/mol. The van der Waals surface area contributed by atoms with Crippen molar-refractivity contribution in [2.45, 2.75) is 31.0 Å². The van der Waals surface area contributed by atoms with Gasteiger partial charge in [-0.05, 0) is 35.4 Å². The summed E-state index contributed by atoms with van der Waals surface area (Å²) in [6.45, 7) is 3.28. The lowest BCUT2D eigenvalue weighted by molar-refractivity contribution is 0.0536. The highest BCUT2D eigenvalue weighted by molar-refractivity contribution is 7.24. The Balaban J connectivity index is 2.03. The van der Waals surface area contributed by atoms with Gasteiger partial charge >= 0.3 is 0 Å². The summed E-state index contributed by atoms with van der Waals surface area (Å²) in [7, 11) is -0.252. The Morgan fingerprint density at radius 2 is 1.43 bits per heavy atom. The first kappa shape index (κ1) is 22.3. The van der Waals surface area contributed by atoms with Gasteiger partial charge in [-0.15, -0.1) is 0 Å². The van der Waals surface area contributed by atoms with Gasteiger partial charge in [-0.25, -0.2) is 4.39 Å². The van der Waals surface area contributed by atoms with Crippen molar-refractivity contribution in [3.63, 3.8) is 0 Å². The quantitative estimate of drug-likeness (QED) is 0.554. The number of hydrogen-bond acceptors (Lipinski definition) is 5. The molecule has 152 valence electrons. The molecular weight excluding hydrogens is 382 g/mol. The van der Waals surface area contributed by atoms with Crippen LogP contribution in [-0.2, 0) is 9.98 Å². The highest BCUT2D eigenvalue weighted by atomic mass is 31.1. The van der Waals surface area contributed by atoms with Crippen LogP contribution in [0.2, 0.25) is 0 Å². The smallest absolute Gasteiger partial charge is 0.165 e. The summed E-state index contributed by atoms with van der Waals surface area (Å²) in [5.74, 6) is 1.23. The molecule has 5 nitrogen and oxygen atoms in total. The minimum absolute atomic E-state index is 0.0375. The van der Waals surface area contributed by atoms with Crippen molar-refractivity contribution in [3.05, 3.63) is 59.7 Å². The topological polar surface area (TPSA) is 76.0 Å². The Hall–Kier alpha value is -2.01. The van der Waals surface area contributed by atoms with Crippen molar-refractivity contribution >= 4 is 8.46 Å². The van der Waals surface area contributed by atoms with E-state index in [4.69, 9.17) is 14.6 Å². The van der Waals surface area contributed by atoms with Crippen LogP contribution >= 0.6 is 8.46 Å². The number of aliphatic hydroxyl groups excluding tert-OH is 2. The molecule has 0 aliphatic rings. The van der Waals surface area contributed by atoms with E-state index in [-0.39, 0.29) is 33.7 Å². The first-order valence-electron chi connectivity index (χ1n) is 9.04. The summed E-state index contributed by atoms with van der Waals surface area (Å²) in [4.78, 5) is 0. The number of ether oxygens (including phenoxy) is 2. The molecule has 0 heterocycles. The number of rotatable bonds is 11. The maximum Gasteiger partial charge on any atom is 0.165 e. The van der Waals surface area contributed by atoms with E-state index < -0.39 is 18.4 Å². The molecule has 0 aliphatic heterocycles. The molecule has 0 saturated heterocycles. The number of halogens is 1. The molecule has 2 N–H and O–H groups in total. The Morgan fingerprint density at radius 3 is 1.82 bits per heavy atom. The summed E-state index contributed by atoms with van der Waals surface area (Å²) in [6, 6.07) is 15.1. The second kappa shape index (κ2) is 10.5. The number of hydrogen-bond donors (Lipinski definition) is 2. The molecule has 0 aromatic heterocycles. The van der Waals surface area contributed by atoms with E-state index in [2.05, 4.69) is 13.8 Å². The first-order chi connectivity index (χ1) is 13.4. The summed E-state index contributed by atoms with van der Waals surface area (Å²) in [5, 5.41) is 18.2. The molecule has 0 saturated carbocycles. The van der Waals surface area contributed by atoms with Gasteiger partial charge in [0.1, 0.15) is 43.2 Å². The molecule has 28 heavy (non-hydrogen) atoms. The van der Waals surface area contributed by atoms with Crippen molar-refractivity contribution in [2.75, 3.05) is 26.5 Å². The highest BCUT2D eigenvalue weighted by Crippen LogP contribution is 2.33. The lowest BCUT2D eigenvalue weighted by atomic mass is 9.78. The Bertz CT molecular complexity index is 733. The predicted octanol–water partition coefficient (Wildman–Crippen LogP) is 3.75. The van der Waals surface area contributed by atoms with Crippen LogP contribution in [0.4, 0.5) is 4.39 Å². The Labute approximate surface area is 166 Å². The predicted molar refractivity (Wildman–Crippen MR) is 106 cm³/mol. The number of aliphatic hydroxyl groups is 2. The lowest BCUT2D eigenvalue weighted by Crippen LogP contribution is -2.21. The van der Waals surface area contributed by atoms with Crippen LogP contribution < -0.4 is 9.47 Å². The van der Waals surface area contributed by atoms with Gasteiger partial charge in [0, 0.05) is 5.41 Å². The molecule has 2 rings (SSSR count). The fourth-order valence-corrected chi connectivity index (χ4v) is 2.83. The second-order valence-corrected chi connectivity index (χ2v) is 7.99. The molecule has 2 aromatic rings. The van der Waals surface area contributed by atoms with Crippen molar-refractivity contribution in [1.82, 2.24) is 0 Å². The number of benzene rings is 2. The Kier molecular flexibility index (Phi) is 8.36. The van der Waals surface area contributed by atoms with E-state index in [1.165, 1.54) is 0 Å². The van der Waals surface area contributed by atoms with Crippen LogP contribution in [-0.4, -0.2) is 48.5 Å². The molecule has 0 aliphatic carbocycles. The fraction of sp³-hybridized carbons (Fsp3) is 0.429. The van der Waals surface area contributed by atoms with E-state index in [1.807, 2.05) is 48.5 Å². The molecule has 0 amide bonds. The van der Waals surface area contributed by atoms with E-state index in [0.29, 0.717) is 11.5 Å². The molecule has 0 bridgehead atoms. The number of alkyl halides is 1. The van der Waals surface area contributed by atoms with Crippen LogP contribution in [0, 0.1) is 0 Å². The zero-order valence-electron chi connectivity index (χ0n) is 16.0. The third-order valence-electron chi connectivity index (χ3n) is 4.57. The molecular formula is C21H26FO5P. The third-order valence-corrected chi connectivity index (χ3v) is 5.16. The Morgan fingerprint density at radius 1 is 0.964 bits per heavy atom. The van der Waals surface area contributed by atoms with Gasteiger partial charge in [0.25, 0.3) is 0 Å². The molecule has 7 heteroatoms. The van der Waals surface area contributed by atoms with Crippen molar-refractivity contribution in [3.8, 4) is 11.5 Å². The van der Waals surface area contributed by atoms with Gasteiger partial charge < -0.3 is 19.7 Å². The van der Waals surface area contributed by atoms with Crippen LogP contribution in [0.1, 0.15) is 25.0 Å². The minimum Gasteiger partial charge on any atom is -0.492 e. The van der Waals surface area contributed by atoms with Gasteiger partial charge in [0.15, 0.2) is 8.46 Å². The maximum absolute atomic E-state index is 12.6. The summed E-state index contributed by atoms with van der Waals surface area (Å²) >= 11 is 0. The van der Waals surface area contributed by atoms with Crippen LogP contribution in [0.5, 0.6) is 11.5 Å². The largest absolute Gasteiger partial charge is 0.492 e. The van der Waals surface area contributed by atoms with Crippen molar-refractivity contribution in [1.29, 1.82) is 0 Å². The maximum atomic E-state index is 12.6. The normalized spacial score (nSPS) is 13.9. The van der Waals surface area contributed by atoms with Gasteiger partial charge in [-0.2, -0.15) is 0 Å². The van der Waals surface area contributed by atoms with Crippen molar-refractivity contribution in [2.24, 2.45) is 0 Å². The van der Waals surface area contributed by atoms with E-state index in [0.717, 1.165) is 11.1 Å².